The molecule has 18 heavy (non-hydrogen) atoms. The topological polar surface area (TPSA) is 72.2 Å². The number of nitro groups is 1. The summed E-state index contributed by atoms with van der Waals surface area (Å²) in [6.45, 7) is 0.646. The first-order valence-electron chi connectivity index (χ1n) is 5.79. The molecule has 0 bridgehead atoms. The minimum Gasteiger partial charge on any atom is -0.356 e. The van der Waals surface area contributed by atoms with Gasteiger partial charge in [-0.25, -0.2) is 0 Å². The van der Waals surface area contributed by atoms with E-state index >= 15 is 0 Å². The molecule has 1 aromatic rings. The third-order valence-corrected chi connectivity index (χ3v) is 3.12. The zero-order valence-corrected chi connectivity index (χ0v) is 9.69. The van der Waals surface area contributed by atoms with Crippen molar-refractivity contribution in [2.45, 2.75) is 19.3 Å². The Labute approximate surface area is 103 Å². The zero-order valence-electron chi connectivity index (χ0n) is 9.69. The molecule has 0 radical (unpaired) electrons. The third-order valence-electron chi connectivity index (χ3n) is 3.12. The van der Waals surface area contributed by atoms with Crippen LogP contribution in [0.25, 0.3) is 0 Å². The average molecular weight is 252 g/mol. The zero-order chi connectivity index (χ0) is 13.1. The van der Waals surface area contributed by atoms with E-state index in [9.17, 15) is 19.3 Å². The molecule has 1 amide bonds. The lowest BCUT2D eigenvalue weighted by atomic mass is 9.91. The lowest BCUT2D eigenvalue weighted by molar-refractivity contribution is -0.387. The SMILES string of the molecule is O=C1NCCCC1Cc1cccc([N+](=O)[O-])c1F. The molecule has 1 atom stereocenters. The van der Waals surface area contributed by atoms with E-state index in [2.05, 4.69) is 5.32 Å². The fourth-order valence-corrected chi connectivity index (χ4v) is 2.16. The van der Waals surface area contributed by atoms with Crippen molar-refractivity contribution in [1.29, 1.82) is 0 Å². The maximum absolute atomic E-state index is 13.8. The largest absolute Gasteiger partial charge is 0.356 e. The number of benzene rings is 1. The van der Waals surface area contributed by atoms with Gasteiger partial charge >= 0.3 is 5.69 Å². The van der Waals surface area contributed by atoms with Crippen LogP contribution in [0.4, 0.5) is 10.1 Å². The molecule has 0 aromatic heterocycles. The number of rotatable bonds is 3. The van der Waals surface area contributed by atoms with Crippen molar-refractivity contribution in [3.8, 4) is 0 Å². The van der Waals surface area contributed by atoms with Gasteiger partial charge in [-0.05, 0) is 24.8 Å². The average Bonchev–Trinajstić information content (AvgIpc) is 2.34. The van der Waals surface area contributed by atoms with Gasteiger partial charge in [0.25, 0.3) is 0 Å². The standard InChI is InChI=1S/C12H13FN2O3/c13-11-8(3-1-5-10(11)15(17)18)7-9-4-2-6-14-12(9)16/h1,3,5,9H,2,4,6-7H2,(H,14,16). The highest BCUT2D eigenvalue weighted by atomic mass is 19.1. The third kappa shape index (κ3) is 2.47. The molecule has 1 fully saturated rings. The molecule has 96 valence electrons. The first-order chi connectivity index (χ1) is 8.59. The van der Waals surface area contributed by atoms with E-state index in [4.69, 9.17) is 0 Å². The first kappa shape index (κ1) is 12.5. The molecule has 1 aliphatic rings. The number of nitrogens with zero attached hydrogens (tertiary/aromatic N) is 1. The molecular weight excluding hydrogens is 239 g/mol. The Kier molecular flexibility index (Phi) is 3.55. The summed E-state index contributed by atoms with van der Waals surface area (Å²) in [5, 5.41) is 13.3. The highest BCUT2D eigenvalue weighted by molar-refractivity contribution is 5.79. The number of halogens is 1. The lowest BCUT2D eigenvalue weighted by Gasteiger charge is -2.21. The molecule has 0 saturated carbocycles. The Balaban J connectivity index is 2.21. The van der Waals surface area contributed by atoms with Gasteiger partial charge in [0.2, 0.25) is 11.7 Å². The van der Waals surface area contributed by atoms with Crippen LogP contribution >= 0.6 is 0 Å². The summed E-state index contributed by atoms with van der Waals surface area (Å²) < 4.78 is 13.8. The first-order valence-corrected chi connectivity index (χ1v) is 5.79. The van der Waals surface area contributed by atoms with Crippen molar-refractivity contribution in [1.82, 2.24) is 5.32 Å². The van der Waals surface area contributed by atoms with E-state index in [1.54, 1.807) is 0 Å². The quantitative estimate of drug-likeness (QED) is 0.658. The number of hydrogen-bond donors (Lipinski definition) is 1. The molecule has 5 nitrogen and oxygen atoms in total. The smallest absolute Gasteiger partial charge is 0.305 e. The van der Waals surface area contributed by atoms with Crippen LogP contribution < -0.4 is 5.32 Å². The van der Waals surface area contributed by atoms with Crippen molar-refractivity contribution in [3.05, 3.63) is 39.7 Å². The number of hydrogen-bond acceptors (Lipinski definition) is 3. The monoisotopic (exact) mass is 252 g/mol. The molecule has 6 heteroatoms. The van der Waals surface area contributed by atoms with E-state index in [-0.39, 0.29) is 23.8 Å². The van der Waals surface area contributed by atoms with Crippen molar-refractivity contribution < 1.29 is 14.1 Å². The van der Waals surface area contributed by atoms with Gasteiger partial charge in [-0.1, -0.05) is 12.1 Å². The second-order valence-corrected chi connectivity index (χ2v) is 4.34. The fourth-order valence-electron chi connectivity index (χ4n) is 2.16. The summed E-state index contributed by atoms with van der Waals surface area (Å²) in [6, 6.07) is 4.06. The molecule has 1 saturated heterocycles. The summed E-state index contributed by atoms with van der Waals surface area (Å²) in [5.74, 6) is -1.23. The maximum Gasteiger partial charge on any atom is 0.305 e. The number of carbonyl (C=O) groups is 1. The highest BCUT2D eigenvalue weighted by Crippen LogP contribution is 2.24. The predicted octanol–water partition coefficient (Wildman–Crippen LogP) is 1.80. The number of nitro benzene ring substituents is 1. The molecule has 0 aliphatic carbocycles. The van der Waals surface area contributed by atoms with Crippen LogP contribution in [0.3, 0.4) is 0 Å². The summed E-state index contributed by atoms with van der Waals surface area (Å²) in [6.07, 6.45) is 1.75. The van der Waals surface area contributed by atoms with Crippen LogP contribution in [-0.2, 0) is 11.2 Å². The van der Waals surface area contributed by atoms with E-state index in [0.717, 1.165) is 12.5 Å². The van der Waals surface area contributed by atoms with E-state index < -0.39 is 16.4 Å². The van der Waals surface area contributed by atoms with Gasteiger partial charge in [0.1, 0.15) is 0 Å². The van der Waals surface area contributed by atoms with Gasteiger partial charge in [0.05, 0.1) is 4.92 Å². The van der Waals surface area contributed by atoms with Gasteiger partial charge in [-0.2, -0.15) is 4.39 Å². The molecule has 1 aromatic carbocycles. The van der Waals surface area contributed by atoms with Gasteiger partial charge in [-0.15, -0.1) is 0 Å². The summed E-state index contributed by atoms with van der Waals surface area (Å²) in [7, 11) is 0. The van der Waals surface area contributed by atoms with Crippen LogP contribution in [0.5, 0.6) is 0 Å². The van der Waals surface area contributed by atoms with Gasteiger partial charge < -0.3 is 5.32 Å². The number of carbonyl (C=O) groups excluding carboxylic acids is 1. The Hall–Kier alpha value is -1.98. The second-order valence-electron chi connectivity index (χ2n) is 4.34. The molecular formula is C12H13FN2O3. The Bertz CT molecular complexity index is 490. The second kappa shape index (κ2) is 5.12. The van der Waals surface area contributed by atoms with Gasteiger partial charge in [0, 0.05) is 18.5 Å². The van der Waals surface area contributed by atoms with Gasteiger partial charge in [0.15, 0.2) is 0 Å². The fraction of sp³-hybridized carbons (Fsp3) is 0.417. The van der Waals surface area contributed by atoms with Crippen molar-refractivity contribution >= 4 is 11.6 Å². The van der Waals surface area contributed by atoms with E-state index in [1.807, 2.05) is 0 Å². The lowest BCUT2D eigenvalue weighted by Crippen LogP contribution is -2.37. The molecule has 1 heterocycles. The predicted molar refractivity (Wildman–Crippen MR) is 62.5 cm³/mol. The van der Waals surface area contributed by atoms with E-state index in [1.165, 1.54) is 12.1 Å². The van der Waals surface area contributed by atoms with Crippen LogP contribution in [-0.4, -0.2) is 17.4 Å². The Morgan fingerprint density at radius 1 is 1.50 bits per heavy atom. The Morgan fingerprint density at radius 3 is 2.94 bits per heavy atom. The molecule has 1 unspecified atom stereocenters. The maximum atomic E-state index is 13.8. The van der Waals surface area contributed by atoms with Crippen molar-refractivity contribution in [2.75, 3.05) is 6.54 Å². The van der Waals surface area contributed by atoms with Crippen LogP contribution in [0.15, 0.2) is 18.2 Å². The number of nitrogens with one attached hydrogen (secondary N) is 1. The normalized spacial score (nSPS) is 19.4. The van der Waals surface area contributed by atoms with Crippen LogP contribution in [0.2, 0.25) is 0 Å². The van der Waals surface area contributed by atoms with E-state index in [0.29, 0.717) is 13.0 Å². The molecule has 1 N–H and O–H groups in total. The number of amides is 1. The molecule has 1 aliphatic heterocycles. The minimum atomic E-state index is -0.833. The summed E-state index contributed by atoms with van der Waals surface area (Å²) in [4.78, 5) is 21.4. The summed E-state index contributed by atoms with van der Waals surface area (Å²) in [5.41, 5.74) is -0.310. The van der Waals surface area contributed by atoms with Crippen LogP contribution in [0, 0.1) is 21.8 Å². The highest BCUT2D eigenvalue weighted by Gasteiger charge is 2.25. The minimum absolute atomic E-state index is 0.104. The van der Waals surface area contributed by atoms with Crippen molar-refractivity contribution in [2.24, 2.45) is 5.92 Å². The van der Waals surface area contributed by atoms with Gasteiger partial charge in [-0.3, -0.25) is 14.9 Å². The van der Waals surface area contributed by atoms with Crippen molar-refractivity contribution in [3.63, 3.8) is 0 Å². The molecule has 2 rings (SSSR count). The molecule has 0 spiro atoms. The summed E-state index contributed by atoms with van der Waals surface area (Å²) >= 11 is 0. The number of piperidine rings is 1. The Morgan fingerprint density at radius 2 is 2.28 bits per heavy atom. The van der Waals surface area contributed by atoms with Crippen LogP contribution in [0.1, 0.15) is 18.4 Å².